The Hall–Kier alpha value is -2.50. The van der Waals surface area contributed by atoms with Gasteiger partial charge in [-0.2, -0.15) is 4.98 Å². The van der Waals surface area contributed by atoms with Crippen LogP contribution < -0.4 is 20.8 Å². The normalized spacial score (nSPS) is 10.2. The first-order chi connectivity index (χ1) is 9.12. The quantitative estimate of drug-likeness (QED) is 0.818. The van der Waals surface area contributed by atoms with Crippen molar-refractivity contribution in [3.05, 3.63) is 40.4 Å². The number of hydrogen-bond donors (Lipinski definition) is 2. The van der Waals surface area contributed by atoms with Gasteiger partial charge in [0.2, 0.25) is 5.88 Å². The third kappa shape index (κ3) is 3.04. The molecule has 0 aliphatic carbocycles. The number of aromatic amines is 1. The van der Waals surface area contributed by atoms with Gasteiger partial charge in [0.15, 0.2) is 11.5 Å². The lowest BCUT2D eigenvalue weighted by molar-refractivity contribution is 0.373. The molecule has 0 fully saturated rings. The van der Waals surface area contributed by atoms with Crippen molar-refractivity contribution in [1.82, 2.24) is 9.97 Å². The van der Waals surface area contributed by atoms with Gasteiger partial charge in [-0.25, -0.2) is 0 Å². The van der Waals surface area contributed by atoms with E-state index in [1.165, 1.54) is 13.2 Å². The molecule has 0 aliphatic rings. The molecule has 2 aromatic rings. The molecule has 1 aromatic carbocycles. The van der Waals surface area contributed by atoms with E-state index in [1.54, 1.807) is 18.2 Å². The molecule has 6 heteroatoms. The maximum Gasteiger partial charge on any atom is 0.254 e. The Morgan fingerprint density at radius 1 is 1.32 bits per heavy atom. The largest absolute Gasteiger partial charge is 0.493 e. The predicted octanol–water partition coefficient (Wildman–Crippen LogP) is 1.72. The second kappa shape index (κ2) is 5.43. The number of benzene rings is 1. The number of aromatic nitrogens is 2. The monoisotopic (exact) mass is 261 g/mol. The van der Waals surface area contributed by atoms with Crippen LogP contribution in [-0.4, -0.2) is 17.1 Å². The lowest BCUT2D eigenvalue weighted by Gasteiger charge is -2.10. The average molecular weight is 261 g/mol. The first kappa shape index (κ1) is 12.9. The third-order valence-electron chi connectivity index (χ3n) is 2.50. The van der Waals surface area contributed by atoms with Crippen LogP contribution in [0.1, 0.15) is 12.7 Å². The minimum absolute atomic E-state index is 0.226. The van der Waals surface area contributed by atoms with E-state index in [4.69, 9.17) is 15.2 Å². The SMILES string of the molecule is CCc1nc(Oc2ccc(N)cc2OC)cc(=O)[nH]1. The molecule has 1 heterocycles. The summed E-state index contributed by atoms with van der Waals surface area (Å²) in [5.74, 6) is 1.73. The van der Waals surface area contributed by atoms with Crippen LogP contribution in [0.15, 0.2) is 29.1 Å². The van der Waals surface area contributed by atoms with Crippen molar-refractivity contribution in [2.24, 2.45) is 0 Å². The van der Waals surface area contributed by atoms with Gasteiger partial charge in [-0.3, -0.25) is 4.79 Å². The van der Waals surface area contributed by atoms with Crippen molar-refractivity contribution in [2.45, 2.75) is 13.3 Å². The molecule has 0 aliphatic heterocycles. The Morgan fingerprint density at radius 3 is 2.79 bits per heavy atom. The highest BCUT2D eigenvalue weighted by Crippen LogP contribution is 2.31. The second-order valence-electron chi connectivity index (χ2n) is 3.90. The molecular weight excluding hydrogens is 246 g/mol. The molecule has 1 aromatic heterocycles. The van der Waals surface area contributed by atoms with E-state index >= 15 is 0 Å². The molecule has 3 N–H and O–H groups in total. The van der Waals surface area contributed by atoms with Crippen molar-refractivity contribution in [1.29, 1.82) is 0 Å². The number of nitrogens with two attached hydrogens (primary N) is 1. The van der Waals surface area contributed by atoms with Gasteiger partial charge in [-0.05, 0) is 12.1 Å². The topological polar surface area (TPSA) is 90.2 Å². The number of rotatable bonds is 4. The van der Waals surface area contributed by atoms with Crippen LogP contribution in [0, 0.1) is 0 Å². The molecule has 0 bridgehead atoms. The van der Waals surface area contributed by atoms with E-state index in [0.717, 1.165) is 0 Å². The van der Waals surface area contributed by atoms with Crippen molar-refractivity contribution in [3.8, 4) is 17.4 Å². The molecule has 100 valence electrons. The first-order valence-corrected chi connectivity index (χ1v) is 5.84. The summed E-state index contributed by atoms with van der Waals surface area (Å²) in [5.41, 5.74) is 5.97. The van der Waals surface area contributed by atoms with E-state index in [1.807, 2.05) is 6.92 Å². The predicted molar refractivity (Wildman–Crippen MR) is 71.7 cm³/mol. The highest BCUT2D eigenvalue weighted by Gasteiger charge is 2.08. The maximum atomic E-state index is 11.4. The zero-order valence-corrected chi connectivity index (χ0v) is 10.8. The lowest BCUT2D eigenvalue weighted by atomic mass is 10.3. The maximum absolute atomic E-state index is 11.4. The van der Waals surface area contributed by atoms with Gasteiger partial charge in [0, 0.05) is 18.2 Å². The number of nitrogen functional groups attached to an aromatic ring is 1. The summed E-state index contributed by atoms with van der Waals surface area (Å²) >= 11 is 0. The minimum atomic E-state index is -0.253. The van der Waals surface area contributed by atoms with Crippen LogP contribution in [0.5, 0.6) is 17.4 Å². The summed E-state index contributed by atoms with van der Waals surface area (Å²) < 4.78 is 10.7. The summed E-state index contributed by atoms with van der Waals surface area (Å²) in [6.07, 6.45) is 0.616. The fourth-order valence-electron chi connectivity index (χ4n) is 1.58. The van der Waals surface area contributed by atoms with Gasteiger partial charge in [-0.1, -0.05) is 6.92 Å². The van der Waals surface area contributed by atoms with Gasteiger partial charge in [0.1, 0.15) is 5.82 Å². The standard InChI is InChI=1S/C13H15N3O3/c1-3-11-15-12(17)7-13(16-11)19-9-5-4-8(14)6-10(9)18-2/h4-7H,3,14H2,1-2H3,(H,15,16,17). The van der Waals surface area contributed by atoms with Crippen LogP contribution in [0.4, 0.5) is 5.69 Å². The first-order valence-electron chi connectivity index (χ1n) is 5.84. The average Bonchev–Trinajstić information content (AvgIpc) is 2.40. The fourth-order valence-corrected chi connectivity index (χ4v) is 1.58. The number of nitrogens with zero attached hydrogens (tertiary/aromatic N) is 1. The summed E-state index contributed by atoms with van der Waals surface area (Å²) in [6.45, 7) is 1.89. The van der Waals surface area contributed by atoms with Gasteiger partial charge in [0.05, 0.1) is 13.2 Å². The molecule has 0 amide bonds. The number of hydrogen-bond acceptors (Lipinski definition) is 5. The third-order valence-corrected chi connectivity index (χ3v) is 2.50. The number of anilines is 1. The van der Waals surface area contributed by atoms with Gasteiger partial charge >= 0.3 is 0 Å². The Morgan fingerprint density at radius 2 is 2.11 bits per heavy atom. The molecule has 2 rings (SSSR count). The van der Waals surface area contributed by atoms with Crippen molar-refractivity contribution in [3.63, 3.8) is 0 Å². The van der Waals surface area contributed by atoms with Gasteiger partial charge in [0.25, 0.3) is 5.56 Å². The molecular formula is C13H15N3O3. The van der Waals surface area contributed by atoms with E-state index in [2.05, 4.69) is 9.97 Å². The molecule has 0 unspecified atom stereocenters. The Kier molecular flexibility index (Phi) is 3.70. The van der Waals surface area contributed by atoms with Crippen LogP contribution in [-0.2, 0) is 6.42 Å². The van der Waals surface area contributed by atoms with E-state index in [9.17, 15) is 4.79 Å². The molecule has 0 radical (unpaired) electrons. The zero-order valence-electron chi connectivity index (χ0n) is 10.8. The Balaban J connectivity index is 2.35. The van der Waals surface area contributed by atoms with Crippen LogP contribution >= 0.6 is 0 Å². The highest BCUT2D eigenvalue weighted by molar-refractivity contribution is 5.52. The molecule has 19 heavy (non-hydrogen) atoms. The van der Waals surface area contributed by atoms with E-state index < -0.39 is 0 Å². The van der Waals surface area contributed by atoms with E-state index in [0.29, 0.717) is 29.4 Å². The molecule has 6 nitrogen and oxygen atoms in total. The summed E-state index contributed by atoms with van der Waals surface area (Å²) in [5, 5.41) is 0. The van der Waals surface area contributed by atoms with Crippen molar-refractivity contribution in [2.75, 3.05) is 12.8 Å². The summed E-state index contributed by atoms with van der Waals surface area (Å²) in [4.78, 5) is 18.2. The van der Waals surface area contributed by atoms with Crippen LogP contribution in [0.25, 0.3) is 0 Å². The number of methoxy groups -OCH3 is 1. The highest BCUT2D eigenvalue weighted by atomic mass is 16.5. The van der Waals surface area contributed by atoms with E-state index in [-0.39, 0.29) is 11.4 Å². The minimum Gasteiger partial charge on any atom is -0.493 e. The Labute approximate surface area is 110 Å². The fraction of sp³-hybridized carbons (Fsp3) is 0.231. The zero-order chi connectivity index (χ0) is 13.8. The number of H-pyrrole nitrogens is 1. The van der Waals surface area contributed by atoms with Gasteiger partial charge < -0.3 is 20.2 Å². The molecule has 0 atom stereocenters. The molecule has 0 saturated carbocycles. The number of ether oxygens (including phenoxy) is 2. The number of aryl methyl sites for hydroxylation is 1. The number of nitrogens with one attached hydrogen (secondary N) is 1. The smallest absolute Gasteiger partial charge is 0.254 e. The van der Waals surface area contributed by atoms with Crippen LogP contribution in [0.2, 0.25) is 0 Å². The Bertz CT molecular complexity index is 637. The van der Waals surface area contributed by atoms with Gasteiger partial charge in [-0.15, -0.1) is 0 Å². The molecule has 0 spiro atoms. The lowest BCUT2D eigenvalue weighted by Crippen LogP contribution is -2.10. The van der Waals surface area contributed by atoms with Crippen molar-refractivity contribution < 1.29 is 9.47 Å². The summed E-state index contributed by atoms with van der Waals surface area (Å²) in [6, 6.07) is 6.28. The summed E-state index contributed by atoms with van der Waals surface area (Å²) in [7, 11) is 1.52. The second-order valence-corrected chi connectivity index (χ2v) is 3.90. The van der Waals surface area contributed by atoms with Crippen molar-refractivity contribution >= 4 is 5.69 Å². The molecule has 0 saturated heterocycles. The van der Waals surface area contributed by atoms with Crippen LogP contribution in [0.3, 0.4) is 0 Å².